The van der Waals surface area contributed by atoms with E-state index in [9.17, 15) is 4.39 Å². The molecule has 0 radical (unpaired) electrons. The van der Waals surface area contributed by atoms with Gasteiger partial charge in [0.25, 0.3) is 0 Å². The summed E-state index contributed by atoms with van der Waals surface area (Å²) in [7, 11) is 3.36. The molecule has 0 spiro atoms. The number of rotatable bonds is 4. The van der Waals surface area contributed by atoms with Crippen molar-refractivity contribution in [2.24, 2.45) is 0 Å². The van der Waals surface area contributed by atoms with E-state index in [0.29, 0.717) is 11.3 Å². The summed E-state index contributed by atoms with van der Waals surface area (Å²) >= 11 is 0. The number of halogens is 1. The molecule has 0 heterocycles. The number of aryl methyl sites for hydroxylation is 1. The van der Waals surface area contributed by atoms with Crippen molar-refractivity contribution in [3.63, 3.8) is 0 Å². The smallest absolute Gasteiger partial charge is 0.132 e. The molecule has 1 atom stereocenters. The molecule has 100 valence electrons. The molecular formula is C16H18FNO. The first-order valence-corrected chi connectivity index (χ1v) is 6.23. The van der Waals surface area contributed by atoms with Gasteiger partial charge in [-0.2, -0.15) is 0 Å². The van der Waals surface area contributed by atoms with Crippen molar-refractivity contribution in [1.29, 1.82) is 0 Å². The standard InChI is InChI=1S/C16H18FNO/c1-11-5-4-6-12(9-11)16(18-2)14-8-7-13(19-3)10-15(14)17/h4-10,16,18H,1-3H3. The zero-order valence-corrected chi connectivity index (χ0v) is 11.4. The van der Waals surface area contributed by atoms with Crippen LogP contribution in [0.5, 0.6) is 5.75 Å². The highest BCUT2D eigenvalue weighted by molar-refractivity contribution is 5.37. The maximum atomic E-state index is 14.1. The van der Waals surface area contributed by atoms with Crippen LogP contribution in [0.4, 0.5) is 4.39 Å². The number of benzene rings is 2. The molecule has 1 unspecified atom stereocenters. The van der Waals surface area contributed by atoms with Crippen LogP contribution in [0, 0.1) is 12.7 Å². The molecule has 2 aromatic carbocycles. The summed E-state index contributed by atoms with van der Waals surface area (Å²) in [4.78, 5) is 0. The van der Waals surface area contributed by atoms with Crippen LogP contribution < -0.4 is 10.1 Å². The Morgan fingerprint density at radius 2 is 1.95 bits per heavy atom. The van der Waals surface area contributed by atoms with E-state index in [4.69, 9.17) is 4.74 Å². The summed E-state index contributed by atoms with van der Waals surface area (Å²) in [5, 5.41) is 3.16. The van der Waals surface area contributed by atoms with Gasteiger partial charge in [-0.3, -0.25) is 0 Å². The van der Waals surface area contributed by atoms with E-state index in [1.165, 1.54) is 13.2 Å². The van der Waals surface area contributed by atoms with Gasteiger partial charge in [-0.25, -0.2) is 4.39 Å². The molecule has 0 saturated carbocycles. The molecule has 0 aliphatic rings. The lowest BCUT2D eigenvalue weighted by Gasteiger charge is -2.19. The van der Waals surface area contributed by atoms with Crippen LogP contribution in [0.15, 0.2) is 42.5 Å². The summed E-state index contributed by atoms with van der Waals surface area (Å²) in [6.07, 6.45) is 0. The van der Waals surface area contributed by atoms with E-state index < -0.39 is 0 Å². The second kappa shape index (κ2) is 5.85. The van der Waals surface area contributed by atoms with Crippen molar-refractivity contribution in [3.8, 4) is 5.75 Å². The predicted octanol–water partition coefficient (Wildman–Crippen LogP) is 3.45. The number of hydrogen-bond acceptors (Lipinski definition) is 2. The lowest BCUT2D eigenvalue weighted by molar-refractivity contribution is 0.410. The fourth-order valence-electron chi connectivity index (χ4n) is 2.22. The third kappa shape index (κ3) is 2.93. The Hall–Kier alpha value is -1.87. The lowest BCUT2D eigenvalue weighted by atomic mass is 9.97. The fourth-order valence-corrected chi connectivity index (χ4v) is 2.22. The average Bonchev–Trinajstić information content (AvgIpc) is 2.41. The van der Waals surface area contributed by atoms with Crippen LogP contribution in [-0.2, 0) is 0 Å². The van der Waals surface area contributed by atoms with Crippen LogP contribution in [0.2, 0.25) is 0 Å². The molecule has 1 N–H and O–H groups in total. The Balaban J connectivity index is 2.42. The first-order valence-electron chi connectivity index (χ1n) is 6.23. The first-order chi connectivity index (χ1) is 9.15. The summed E-state index contributed by atoms with van der Waals surface area (Å²) < 4.78 is 19.2. The van der Waals surface area contributed by atoms with Gasteiger partial charge in [0.2, 0.25) is 0 Å². The molecule has 19 heavy (non-hydrogen) atoms. The SMILES string of the molecule is CNC(c1cccc(C)c1)c1ccc(OC)cc1F. The van der Waals surface area contributed by atoms with Crippen LogP contribution >= 0.6 is 0 Å². The van der Waals surface area contributed by atoms with E-state index in [1.54, 1.807) is 12.1 Å². The van der Waals surface area contributed by atoms with Crippen molar-refractivity contribution in [3.05, 3.63) is 65.0 Å². The number of nitrogens with one attached hydrogen (secondary N) is 1. The summed E-state index contributed by atoms with van der Waals surface area (Å²) in [6.45, 7) is 2.03. The molecule has 0 fully saturated rings. The van der Waals surface area contributed by atoms with Gasteiger partial charge in [0, 0.05) is 11.6 Å². The Labute approximate surface area is 113 Å². The number of hydrogen-bond donors (Lipinski definition) is 1. The summed E-state index contributed by atoms with van der Waals surface area (Å²) in [5.74, 6) is 0.264. The van der Waals surface area contributed by atoms with Crippen molar-refractivity contribution < 1.29 is 9.13 Å². The van der Waals surface area contributed by atoms with Crippen LogP contribution in [0.1, 0.15) is 22.7 Å². The highest BCUT2D eigenvalue weighted by atomic mass is 19.1. The van der Waals surface area contributed by atoms with E-state index in [-0.39, 0.29) is 11.9 Å². The Morgan fingerprint density at radius 1 is 1.16 bits per heavy atom. The van der Waals surface area contributed by atoms with Gasteiger partial charge in [-0.05, 0) is 25.6 Å². The Morgan fingerprint density at radius 3 is 2.53 bits per heavy atom. The minimum Gasteiger partial charge on any atom is -0.497 e. The zero-order valence-electron chi connectivity index (χ0n) is 11.4. The minimum absolute atomic E-state index is 0.161. The molecule has 0 amide bonds. The monoisotopic (exact) mass is 259 g/mol. The van der Waals surface area contributed by atoms with Gasteiger partial charge >= 0.3 is 0 Å². The topological polar surface area (TPSA) is 21.3 Å². The fraction of sp³-hybridized carbons (Fsp3) is 0.250. The predicted molar refractivity (Wildman–Crippen MR) is 75.0 cm³/mol. The molecule has 2 aromatic rings. The Kier molecular flexibility index (Phi) is 4.17. The third-order valence-electron chi connectivity index (χ3n) is 3.18. The van der Waals surface area contributed by atoms with Crippen molar-refractivity contribution in [1.82, 2.24) is 5.32 Å². The van der Waals surface area contributed by atoms with Crippen molar-refractivity contribution >= 4 is 0 Å². The molecule has 0 aliphatic carbocycles. The molecule has 0 saturated heterocycles. The van der Waals surface area contributed by atoms with Gasteiger partial charge in [0.05, 0.1) is 13.2 Å². The second-order valence-corrected chi connectivity index (χ2v) is 4.52. The highest BCUT2D eigenvalue weighted by Gasteiger charge is 2.16. The molecule has 0 aromatic heterocycles. The molecule has 2 nitrogen and oxygen atoms in total. The number of ether oxygens (including phenoxy) is 1. The second-order valence-electron chi connectivity index (χ2n) is 4.52. The quantitative estimate of drug-likeness (QED) is 0.908. The van der Waals surface area contributed by atoms with Crippen LogP contribution in [-0.4, -0.2) is 14.2 Å². The zero-order chi connectivity index (χ0) is 13.8. The maximum Gasteiger partial charge on any atom is 0.132 e. The largest absolute Gasteiger partial charge is 0.497 e. The van der Waals surface area contributed by atoms with Crippen LogP contribution in [0.25, 0.3) is 0 Å². The Bertz CT molecular complexity index is 568. The van der Waals surface area contributed by atoms with Crippen molar-refractivity contribution in [2.45, 2.75) is 13.0 Å². The summed E-state index contributed by atoms with van der Waals surface area (Å²) in [6, 6.07) is 12.9. The third-order valence-corrected chi connectivity index (χ3v) is 3.18. The van der Waals surface area contributed by atoms with Gasteiger partial charge < -0.3 is 10.1 Å². The molecule has 2 rings (SSSR count). The van der Waals surface area contributed by atoms with Crippen molar-refractivity contribution in [2.75, 3.05) is 14.2 Å². The number of methoxy groups -OCH3 is 1. The first kappa shape index (κ1) is 13.6. The molecule has 0 bridgehead atoms. The maximum absolute atomic E-state index is 14.1. The molecule has 0 aliphatic heterocycles. The van der Waals surface area contributed by atoms with Crippen LogP contribution in [0.3, 0.4) is 0 Å². The van der Waals surface area contributed by atoms with E-state index in [2.05, 4.69) is 11.4 Å². The van der Waals surface area contributed by atoms with Gasteiger partial charge in [-0.1, -0.05) is 35.9 Å². The van der Waals surface area contributed by atoms with Gasteiger partial charge in [0.1, 0.15) is 11.6 Å². The normalized spacial score (nSPS) is 12.2. The minimum atomic E-state index is -0.264. The van der Waals surface area contributed by atoms with E-state index in [1.807, 2.05) is 32.2 Å². The van der Waals surface area contributed by atoms with E-state index in [0.717, 1.165) is 11.1 Å². The lowest BCUT2D eigenvalue weighted by Crippen LogP contribution is -2.19. The molecular weight excluding hydrogens is 241 g/mol. The average molecular weight is 259 g/mol. The highest BCUT2D eigenvalue weighted by Crippen LogP contribution is 2.27. The van der Waals surface area contributed by atoms with Gasteiger partial charge in [0.15, 0.2) is 0 Å². The summed E-state index contributed by atoms with van der Waals surface area (Å²) in [5.41, 5.74) is 2.83. The molecule has 3 heteroatoms. The van der Waals surface area contributed by atoms with Gasteiger partial charge in [-0.15, -0.1) is 0 Å². The van der Waals surface area contributed by atoms with E-state index >= 15 is 0 Å².